The molecule has 0 radical (unpaired) electrons. The number of nitrogens with zero attached hydrogens (tertiary/aromatic N) is 1. The molecule has 2 N–H and O–H groups in total. The monoisotopic (exact) mass is 517 g/mol. The normalized spacial score (nSPS) is 12.6. The number of aliphatic imine (C=N–C) groups is 1. The number of nitrogens with one attached hydrogen (secondary N) is 2. The molecular formula is C20H28IN3O3S. The Hall–Kier alpha value is -1.81. The molecule has 1 unspecified atom stereocenters. The highest BCUT2D eigenvalue weighted by molar-refractivity contribution is 14.0. The zero-order valence-corrected chi connectivity index (χ0v) is 19.5. The molecule has 6 nitrogen and oxygen atoms in total. The fourth-order valence-electron chi connectivity index (χ4n) is 2.43. The summed E-state index contributed by atoms with van der Waals surface area (Å²) in [6.45, 7) is 2.46. The lowest BCUT2D eigenvalue weighted by Gasteiger charge is -2.18. The number of benzene rings is 2. The second-order valence-electron chi connectivity index (χ2n) is 6.41. The summed E-state index contributed by atoms with van der Waals surface area (Å²) in [5.41, 5.74) is 0.994. The molecule has 2 aromatic carbocycles. The number of para-hydroxylation sites is 2. The lowest BCUT2D eigenvalue weighted by molar-refractivity contribution is 0.475. The van der Waals surface area contributed by atoms with Crippen LogP contribution in [0.3, 0.4) is 0 Å². The van der Waals surface area contributed by atoms with Gasteiger partial charge in [0.05, 0.1) is 5.75 Å². The molecule has 0 saturated carbocycles. The minimum Gasteiger partial charge on any atom is -0.457 e. The highest BCUT2D eigenvalue weighted by Crippen LogP contribution is 2.24. The molecule has 2 rings (SSSR count). The Kier molecular flexibility index (Phi) is 10.3. The summed E-state index contributed by atoms with van der Waals surface area (Å²) in [5, 5.41) is 6.46. The molecule has 28 heavy (non-hydrogen) atoms. The van der Waals surface area contributed by atoms with Gasteiger partial charge in [-0.15, -0.1) is 24.0 Å². The van der Waals surface area contributed by atoms with Crippen molar-refractivity contribution in [1.29, 1.82) is 0 Å². The van der Waals surface area contributed by atoms with Gasteiger partial charge in [-0.3, -0.25) is 4.99 Å². The Bertz CT molecular complexity index is 858. The smallest absolute Gasteiger partial charge is 0.191 e. The van der Waals surface area contributed by atoms with Gasteiger partial charge in [-0.2, -0.15) is 0 Å². The van der Waals surface area contributed by atoms with Crippen LogP contribution in [0.1, 0.15) is 18.9 Å². The Morgan fingerprint density at radius 1 is 1.11 bits per heavy atom. The number of sulfone groups is 1. The fourth-order valence-corrected chi connectivity index (χ4v) is 3.22. The maximum absolute atomic E-state index is 11.3. The Labute approximate surface area is 184 Å². The summed E-state index contributed by atoms with van der Waals surface area (Å²) in [6, 6.07) is 17.4. The van der Waals surface area contributed by atoms with Gasteiger partial charge in [-0.25, -0.2) is 8.42 Å². The first kappa shape index (κ1) is 24.2. The van der Waals surface area contributed by atoms with E-state index in [0.717, 1.165) is 17.1 Å². The minimum absolute atomic E-state index is 0. The zero-order valence-electron chi connectivity index (χ0n) is 16.4. The summed E-state index contributed by atoms with van der Waals surface area (Å²) in [6.07, 6.45) is 1.77. The number of hydrogen-bond acceptors (Lipinski definition) is 4. The van der Waals surface area contributed by atoms with Crippen molar-refractivity contribution in [2.75, 3.05) is 19.1 Å². The maximum atomic E-state index is 11.3. The fraction of sp³-hybridized carbons (Fsp3) is 0.350. The molecule has 0 aliphatic heterocycles. The van der Waals surface area contributed by atoms with Crippen LogP contribution in [0.25, 0.3) is 0 Å². The van der Waals surface area contributed by atoms with Gasteiger partial charge in [0.2, 0.25) is 0 Å². The van der Waals surface area contributed by atoms with Crippen LogP contribution in [0, 0.1) is 0 Å². The van der Waals surface area contributed by atoms with E-state index in [1.165, 1.54) is 6.26 Å². The lowest BCUT2D eigenvalue weighted by Crippen LogP contribution is -2.42. The van der Waals surface area contributed by atoms with Crippen molar-refractivity contribution in [1.82, 2.24) is 10.6 Å². The number of halogens is 1. The van der Waals surface area contributed by atoms with E-state index in [1.807, 2.05) is 61.5 Å². The van der Waals surface area contributed by atoms with E-state index in [1.54, 1.807) is 7.05 Å². The molecule has 154 valence electrons. The van der Waals surface area contributed by atoms with Crippen molar-refractivity contribution in [3.8, 4) is 11.5 Å². The second-order valence-corrected chi connectivity index (χ2v) is 8.67. The number of rotatable bonds is 8. The highest BCUT2D eigenvalue weighted by atomic mass is 127. The van der Waals surface area contributed by atoms with Crippen molar-refractivity contribution in [3.05, 3.63) is 60.2 Å². The Morgan fingerprint density at radius 3 is 2.39 bits per heavy atom. The zero-order chi connectivity index (χ0) is 19.7. The number of guanidine groups is 1. The molecule has 0 aliphatic carbocycles. The maximum Gasteiger partial charge on any atom is 0.191 e. The average Bonchev–Trinajstić information content (AvgIpc) is 2.65. The van der Waals surface area contributed by atoms with Crippen molar-refractivity contribution in [3.63, 3.8) is 0 Å². The van der Waals surface area contributed by atoms with Gasteiger partial charge in [-0.1, -0.05) is 36.4 Å². The highest BCUT2D eigenvalue weighted by Gasteiger charge is 2.10. The van der Waals surface area contributed by atoms with E-state index >= 15 is 0 Å². The van der Waals surface area contributed by atoms with Crippen LogP contribution in [0.4, 0.5) is 0 Å². The predicted molar refractivity (Wildman–Crippen MR) is 125 cm³/mol. The second kappa shape index (κ2) is 11.9. The van der Waals surface area contributed by atoms with Gasteiger partial charge in [0.15, 0.2) is 5.96 Å². The van der Waals surface area contributed by atoms with E-state index in [2.05, 4.69) is 15.6 Å². The quantitative estimate of drug-likeness (QED) is 0.318. The standard InChI is InChI=1S/C20H27N3O3S.HI/c1-16(13-14-27(3,24)25)23-20(21-2)22-15-17-9-7-8-12-19(17)26-18-10-5-4-6-11-18;/h4-12,16H,13-15H2,1-3H3,(H2,21,22,23);1H. The molecule has 2 aromatic rings. The molecule has 0 saturated heterocycles. The molecule has 0 fully saturated rings. The van der Waals surface area contributed by atoms with E-state index in [-0.39, 0.29) is 35.8 Å². The molecule has 0 bridgehead atoms. The van der Waals surface area contributed by atoms with Crippen molar-refractivity contribution in [2.24, 2.45) is 4.99 Å². The van der Waals surface area contributed by atoms with Gasteiger partial charge in [0.25, 0.3) is 0 Å². The lowest BCUT2D eigenvalue weighted by atomic mass is 10.2. The van der Waals surface area contributed by atoms with Crippen LogP contribution in [0.5, 0.6) is 11.5 Å². The van der Waals surface area contributed by atoms with Crippen LogP contribution < -0.4 is 15.4 Å². The van der Waals surface area contributed by atoms with E-state index in [4.69, 9.17) is 4.74 Å². The topological polar surface area (TPSA) is 79.8 Å². The van der Waals surface area contributed by atoms with E-state index in [9.17, 15) is 8.42 Å². The summed E-state index contributed by atoms with van der Waals surface area (Å²) >= 11 is 0. The molecule has 0 spiro atoms. The third-order valence-electron chi connectivity index (χ3n) is 3.92. The first-order valence-electron chi connectivity index (χ1n) is 8.83. The first-order valence-corrected chi connectivity index (χ1v) is 10.9. The van der Waals surface area contributed by atoms with Crippen LogP contribution >= 0.6 is 24.0 Å². The SMILES string of the molecule is CN=C(NCc1ccccc1Oc1ccccc1)NC(C)CCS(C)(=O)=O.I. The molecule has 0 aromatic heterocycles. The first-order chi connectivity index (χ1) is 12.9. The van der Waals surface area contributed by atoms with Crippen LogP contribution in [-0.4, -0.2) is 39.5 Å². The summed E-state index contributed by atoms with van der Waals surface area (Å²) in [7, 11) is -1.28. The van der Waals surface area contributed by atoms with Crippen molar-refractivity contribution in [2.45, 2.75) is 25.9 Å². The van der Waals surface area contributed by atoms with Gasteiger partial charge in [0, 0.05) is 31.5 Å². The Morgan fingerprint density at radius 2 is 1.75 bits per heavy atom. The van der Waals surface area contributed by atoms with Gasteiger partial charge >= 0.3 is 0 Å². The number of hydrogen-bond donors (Lipinski definition) is 2. The van der Waals surface area contributed by atoms with Gasteiger partial charge < -0.3 is 15.4 Å². The minimum atomic E-state index is -2.97. The summed E-state index contributed by atoms with van der Waals surface area (Å²) < 4.78 is 28.6. The number of ether oxygens (including phenoxy) is 1. The molecule has 0 amide bonds. The predicted octanol–water partition coefficient (Wildman–Crippen LogP) is 3.59. The molecule has 0 aliphatic rings. The summed E-state index contributed by atoms with van der Waals surface area (Å²) in [5.74, 6) is 2.32. The third kappa shape index (κ3) is 8.92. The largest absolute Gasteiger partial charge is 0.457 e. The van der Waals surface area contributed by atoms with E-state index in [0.29, 0.717) is 18.9 Å². The molecule has 0 heterocycles. The average molecular weight is 517 g/mol. The third-order valence-corrected chi connectivity index (χ3v) is 4.90. The van der Waals surface area contributed by atoms with Crippen LogP contribution in [0.2, 0.25) is 0 Å². The summed E-state index contributed by atoms with van der Waals surface area (Å²) in [4.78, 5) is 4.21. The molecule has 1 atom stereocenters. The molecular weight excluding hydrogens is 489 g/mol. The van der Waals surface area contributed by atoms with Gasteiger partial charge in [0.1, 0.15) is 21.3 Å². The van der Waals surface area contributed by atoms with Gasteiger partial charge in [-0.05, 0) is 31.5 Å². The molecule has 8 heteroatoms. The van der Waals surface area contributed by atoms with Crippen molar-refractivity contribution < 1.29 is 13.2 Å². The van der Waals surface area contributed by atoms with Crippen LogP contribution in [-0.2, 0) is 16.4 Å². The van der Waals surface area contributed by atoms with Crippen LogP contribution in [0.15, 0.2) is 59.6 Å². The Balaban J connectivity index is 0.00000392. The van der Waals surface area contributed by atoms with E-state index < -0.39 is 9.84 Å². The van der Waals surface area contributed by atoms with Crippen molar-refractivity contribution >= 4 is 39.8 Å².